The van der Waals surface area contributed by atoms with Gasteiger partial charge in [-0.05, 0) is 23.3 Å². The zero-order valence-corrected chi connectivity index (χ0v) is 8.68. The number of rotatable bonds is 1. The minimum Gasteiger partial charge on any atom is -0.355 e. The topological polar surface area (TPSA) is 29.1 Å². The Morgan fingerprint density at radius 1 is 0.875 bits per heavy atom. The maximum Gasteiger partial charge on any atom is 0.132 e. The summed E-state index contributed by atoms with van der Waals surface area (Å²) in [5, 5.41) is 3.35. The predicted octanol–water partition coefficient (Wildman–Crippen LogP) is 3.07. The first-order chi connectivity index (χ1) is 7.90. The Bertz CT molecular complexity index is 502. The third-order valence-corrected chi connectivity index (χ3v) is 3.00. The highest BCUT2D eigenvalue weighted by atomic mass is 16.1. The summed E-state index contributed by atoms with van der Waals surface area (Å²) < 4.78 is 0. The normalized spacial score (nSPS) is 13.5. The second-order valence-electron chi connectivity index (χ2n) is 3.91. The maximum atomic E-state index is 11.3. The Balaban J connectivity index is 2.23. The van der Waals surface area contributed by atoms with Crippen LogP contribution in [0, 0.1) is 0 Å². The molecule has 0 saturated heterocycles. The largest absolute Gasteiger partial charge is 0.355 e. The van der Waals surface area contributed by atoms with Crippen LogP contribution in [-0.2, 0) is 4.79 Å². The van der Waals surface area contributed by atoms with Crippen molar-refractivity contribution in [1.82, 2.24) is 0 Å². The fourth-order valence-corrected chi connectivity index (χ4v) is 2.22. The van der Waals surface area contributed by atoms with Gasteiger partial charge in [0, 0.05) is 11.4 Å². The highest BCUT2D eigenvalue weighted by Crippen LogP contribution is 2.39. The third-order valence-electron chi connectivity index (χ3n) is 3.00. The number of aldehydes is 1. The number of anilines is 2. The standard InChI is InChI=1S/C14H11NO/c16-9-12-10-5-1-3-7-13(10)15-14-8-4-2-6-11(12)14/h1-9,12,15H. The third kappa shape index (κ3) is 1.23. The average molecular weight is 209 g/mol. The number of carbonyl (C=O) groups excluding carboxylic acids is 1. The maximum absolute atomic E-state index is 11.3. The molecular formula is C14H11NO. The molecule has 0 aromatic heterocycles. The van der Waals surface area contributed by atoms with Crippen LogP contribution in [0.2, 0.25) is 0 Å². The molecule has 3 rings (SSSR count). The van der Waals surface area contributed by atoms with Gasteiger partial charge in [0.05, 0.1) is 5.92 Å². The van der Waals surface area contributed by atoms with E-state index in [9.17, 15) is 4.79 Å². The summed E-state index contributed by atoms with van der Waals surface area (Å²) in [5.74, 6) is -0.145. The van der Waals surface area contributed by atoms with E-state index in [1.54, 1.807) is 0 Å². The van der Waals surface area contributed by atoms with Crippen LogP contribution in [0.3, 0.4) is 0 Å². The second kappa shape index (κ2) is 3.49. The van der Waals surface area contributed by atoms with Crippen molar-refractivity contribution in [2.24, 2.45) is 0 Å². The lowest BCUT2D eigenvalue weighted by Crippen LogP contribution is -2.13. The van der Waals surface area contributed by atoms with E-state index in [4.69, 9.17) is 0 Å². The van der Waals surface area contributed by atoms with Crippen molar-refractivity contribution < 1.29 is 4.79 Å². The van der Waals surface area contributed by atoms with E-state index < -0.39 is 0 Å². The molecule has 16 heavy (non-hydrogen) atoms. The van der Waals surface area contributed by atoms with Gasteiger partial charge in [-0.2, -0.15) is 0 Å². The van der Waals surface area contributed by atoms with Gasteiger partial charge in [0.15, 0.2) is 0 Å². The lowest BCUT2D eigenvalue weighted by Gasteiger charge is -2.25. The minimum atomic E-state index is -0.145. The van der Waals surface area contributed by atoms with Gasteiger partial charge in [-0.15, -0.1) is 0 Å². The van der Waals surface area contributed by atoms with Crippen LogP contribution in [0.1, 0.15) is 17.0 Å². The quantitative estimate of drug-likeness (QED) is 0.731. The number of benzene rings is 2. The summed E-state index contributed by atoms with van der Waals surface area (Å²) >= 11 is 0. The minimum absolute atomic E-state index is 0.145. The number of para-hydroxylation sites is 2. The predicted molar refractivity (Wildman–Crippen MR) is 64.1 cm³/mol. The molecule has 1 heterocycles. The number of hydrogen-bond donors (Lipinski definition) is 1. The summed E-state index contributed by atoms with van der Waals surface area (Å²) in [6, 6.07) is 15.9. The molecule has 1 N–H and O–H groups in total. The summed E-state index contributed by atoms with van der Waals surface area (Å²) in [7, 11) is 0. The number of carbonyl (C=O) groups is 1. The van der Waals surface area contributed by atoms with Gasteiger partial charge >= 0.3 is 0 Å². The van der Waals surface area contributed by atoms with Crippen molar-refractivity contribution in [1.29, 1.82) is 0 Å². The number of hydrogen-bond acceptors (Lipinski definition) is 2. The van der Waals surface area contributed by atoms with Crippen molar-refractivity contribution in [3.8, 4) is 0 Å². The van der Waals surface area contributed by atoms with Gasteiger partial charge < -0.3 is 10.1 Å². The van der Waals surface area contributed by atoms with Gasteiger partial charge in [-0.25, -0.2) is 0 Å². The SMILES string of the molecule is O=CC1c2ccccc2Nc2ccccc21. The molecule has 2 aromatic carbocycles. The molecule has 1 aliphatic rings. The van der Waals surface area contributed by atoms with Crippen LogP contribution in [-0.4, -0.2) is 6.29 Å². The average Bonchev–Trinajstić information content (AvgIpc) is 2.36. The van der Waals surface area contributed by atoms with Crippen molar-refractivity contribution in [3.05, 3.63) is 59.7 Å². The molecule has 0 aliphatic carbocycles. The summed E-state index contributed by atoms with van der Waals surface area (Å²) in [6.45, 7) is 0. The zero-order valence-electron chi connectivity index (χ0n) is 8.68. The zero-order chi connectivity index (χ0) is 11.0. The Morgan fingerprint density at radius 3 is 1.88 bits per heavy atom. The molecule has 0 amide bonds. The van der Waals surface area contributed by atoms with Gasteiger partial charge in [0.25, 0.3) is 0 Å². The molecule has 0 atom stereocenters. The van der Waals surface area contributed by atoms with Crippen LogP contribution < -0.4 is 5.32 Å². The van der Waals surface area contributed by atoms with E-state index in [2.05, 4.69) is 5.32 Å². The Labute approximate surface area is 93.9 Å². The Hall–Kier alpha value is -2.09. The Kier molecular flexibility index (Phi) is 2.00. The van der Waals surface area contributed by atoms with Crippen molar-refractivity contribution in [2.45, 2.75) is 5.92 Å². The second-order valence-corrected chi connectivity index (χ2v) is 3.91. The smallest absolute Gasteiger partial charge is 0.132 e. The van der Waals surface area contributed by atoms with Crippen LogP contribution in [0.25, 0.3) is 0 Å². The molecule has 0 radical (unpaired) electrons. The first-order valence-electron chi connectivity index (χ1n) is 5.30. The summed E-state index contributed by atoms with van der Waals surface area (Å²) in [4.78, 5) is 11.3. The van der Waals surface area contributed by atoms with E-state index in [1.165, 1.54) is 0 Å². The lowest BCUT2D eigenvalue weighted by molar-refractivity contribution is -0.108. The van der Waals surface area contributed by atoms with Gasteiger partial charge in [-0.1, -0.05) is 36.4 Å². The molecule has 0 saturated carbocycles. The highest BCUT2D eigenvalue weighted by molar-refractivity contribution is 5.83. The number of fused-ring (bicyclic) bond motifs is 2. The molecule has 2 heteroatoms. The van der Waals surface area contributed by atoms with E-state index in [0.717, 1.165) is 28.8 Å². The fourth-order valence-electron chi connectivity index (χ4n) is 2.22. The van der Waals surface area contributed by atoms with Crippen molar-refractivity contribution in [2.75, 3.05) is 5.32 Å². The van der Waals surface area contributed by atoms with Crippen LogP contribution in [0.15, 0.2) is 48.5 Å². The van der Waals surface area contributed by atoms with Crippen molar-refractivity contribution >= 4 is 17.7 Å². The van der Waals surface area contributed by atoms with Gasteiger partial charge in [-0.3, -0.25) is 0 Å². The molecule has 0 fully saturated rings. The molecule has 1 aliphatic heterocycles. The molecular weight excluding hydrogens is 198 g/mol. The van der Waals surface area contributed by atoms with E-state index in [-0.39, 0.29) is 5.92 Å². The highest BCUT2D eigenvalue weighted by Gasteiger charge is 2.23. The van der Waals surface area contributed by atoms with E-state index >= 15 is 0 Å². The molecule has 0 bridgehead atoms. The summed E-state index contributed by atoms with van der Waals surface area (Å²) in [5.41, 5.74) is 4.16. The van der Waals surface area contributed by atoms with Crippen LogP contribution in [0.5, 0.6) is 0 Å². The van der Waals surface area contributed by atoms with E-state index in [0.29, 0.717) is 0 Å². The molecule has 2 aromatic rings. The van der Waals surface area contributed by atoms with Crippen LogP contribution >= 0.6 is 0 Å². The van der Waals surface area contributed by atoms with Crippen molar-refractivity contribution in [3.63, 3.8) is 0 Å². The monoisotopic (exact) mass is 209 g/mol. The molecule has 0 unspecified atom stereocenters. The molecule has 2 nitrogen and oxygen atoms in total. The molecule has 0 spiro atoms. The number of nitrogens with one attached hydrogen (secondary N) is 1. The first-order valence-corrected chi connectivity index (χ1v) is 5.30. The fraction of sp³-hybridized carbons (Fsp3) is 0.0714. The van der Waals surface area contributed by atoms with Gasteiger partial charge in [0.2, 0.25) is 0 Å². The molecule has 78 valence electrons. The Morgan fingerprint density at radius 2 is 1.38 bits per heavy atom. The van der Waals surface area contributed by atoms with Gasteiger partial charge in [0.1, 0.15) is 6.29 Å². The lowest BCUT2D eigenvalue weighted by atomic mass is 9.87. The first kappa shape index (κ1) is 9.16. The van der Waals surface area contributed by atoms with E-state index in [1.807, 2.05) is 48.5 Å². The van der Waals surface area contributed by atoms with Crippen LogP contribution in [0.4, 0.5) is 11.4 Å². The summed E-state index contributed by atoms with van der Waals surface area (Å²) in [6.07, 6.45) is 1.01.